The van der Waals surface area contributed by atoms with Gasteiger partial charge in [0.05, 0.1) is 24.4 Å². The fourth-order valence-electron chi connectivity index (χ4n) is 3.28. The van der Waals surface area contributed by atoms with E-state index in [1.807, 2.05) is 25.7 Å². The summed E-state index contributed by atoms with van der Waals surface area (Å²) in [6, 6.07) is -0.0368. The van der Waals surface area contributed by atoms with Crippen molar-refractivity contribution in [2.24, 2.45) is 0 Å². The highest BCUT2D eigenvalue weighted by molar-refractivity contribution is 5.81. The second kappa shape index (κ2) is 6.87. The van der Waals surface area contributed by atoms with E-state index in [2.05, 4.69) is 4.90 Å². The highest BCUT2D eigenvalue weighted by atomic mass is 16.5. The zero-order valence-electron chi connectivity index (χ0n) is 13.2. The Hall–Kier alpha value is -0.650. The molecule has 0 spiro atoms. The van der Waals surface area contributed by atoms with Gasteiger partial charge >= 0.3 is 0 Å². The molecular weight excluding hydrogens is 256 g/mol. The number of rotatable bonds is 3. The monoisotopic (exact) mass is 284 g/mol. The normalized spacial score (nSPS) is 31.3. The number of methoxy groups -OCH3 is 1. The number of hydrogen-bond acceptors (Lipinski definition) is 4. The Bertz CT molecular complexity index is 319. The van der Waals surface area contributed by atoms with Crippen LogP contribution >= 0.6 is 0 Å². The van der Waals surface area contributed by atoms with E-state index < -0.39 is 0 Å². The van der Waals surface area contributed by atoms with Gasteiger partial charge in [-0.15, -0.1) is 0 Å². The van der Waals surface area contributed by atoms with Gasteiger partial charge in [-0.3, -0.25) is 9.69 Å². The molecule has 20 heavy (non-hydrogen) atoms. The molecule has 2 rings (SSSR count). The van der Waals surface area contributed by atoms with Gasteiger partial charge in [0, 0.05) is 33.3 Å². The maximum Gasteiger partial charge on any atom is 0.239 e. The van der Waals surface area contributed by atoms with Crippen molar-refractivity contribution in [1.82, 2.24) is 9.80 Å². The minimum atomic E-state index is -0.0368. The molecule has 3 unspecified atom stereocenters. The lowest BCUT2D eigenvalue weighted by molar-refractivity contribution is -0.149. The third-order valence-electron chi connectivity index (χ3n) is 4.45. The highest BCUT2D eigenvalue weighted by Gasteiger charge is 2.32. The van der Waals surface area contributed by atoms with Crippen molar-refractivity contribution in [3.8, 4) is 0 Å². The predicted octanol–water partition coefficient (Wildman–Crippen LogP) is 1.12. The van der Waals surface area contributed by atoms with Gasteiger partial charge in [-0.1, -0.05) is 0 Å². The van der Waals surface area contributed by atoms with Crippen molar-refractivity contribution in [2.75, 3.05) is 33.3 Å². The van der Waals surface area contributed by atoms with Gasteiger partial charge in [-0.25, -0.2) is 0 Å². The van der Waals surface area contributed by atoms with E-state index in [1.165, 1.54) is 0 Å². The molecule has 5 heteroatoms. The van der Waals surface area contributed by atoms with Crippen molar-refractivity contribution >= 4 is 5.91 Å². The number of hydrogen-bond donors (Lipinski definition) is 0. The van der Waals surface area contributed by atoms with Crippen LogP contribution in [0, 0.1) is 0 Å². The third kappa shape index (κ3) is 3.71. The van der Waals surface area contributed by atoms with Crippen molar-refractivity contribution in [2.45, 2.75) is 58.0 Å². The summed E-state index contributed by atoms with van der Waals surface area (Å²) in [6.07, 6.45) is 2.66. The first-order chi connectivity index (χ1) is 9.51. The highest BCUT2D eigenvalue weighted by Crippen LogP contribution is 2.18. The molecule has 2 heterocycles. The SMILES string of the molecule is COC1CCN(C(C)C(=O)N2CC(C)OC(C)C2)CC1. The molecule has 0 N–H and O–H groups in total. The fraction of sp³-hybridized carbons (Fsp3) is 0.933. The van der Waals surface area contributed by atoms with Crippen LogP contribution in [0.1, 0.15) is 33.6 Å². The van der Waals surface area contributed by atoms with Crippen LogP contribution in [0.4, 0.5) is 0 Å². The summed E-state index contributed by atoms with van der Waals surface area (Å²) in [5.41, 5.74) is 0. The molecule has 0 aromatic carbocycles. The average Bonchev–Trinajstić information content (AvgIpc) is 2.45. The van der Waals surface area contributed by atoms with Crippen molar-refractivity contribution in [3.63, 3.8) is 0 Å². The van der Waals surface area contributed by atoms with E-state index in [4.69, 9.17) is 9.47 Å². The minimum Gasteiger partial charge on any atom is -0.381 e. The average molecular weight is 284 g/mol. The molecule has 0 bridgehead atoms. The van der Waals surface area contributed by atoms with Crippen LogP contribution in [-0.2, 0) is 14.3 Å². The smallest absolute Gasteiger partial charge is 0.239 e. The van der Waals surface area contributed by atoms with Gasteiger partial charge < -0.3 is 14.4 Å². The van der Waals surface area contributed by atoms with Crippen LogP contribution in [0.15, 0.2) is 0 Å². The molecule has 5 nitrogen and oxygen atoms in total. The molecule has 1 amide bonds. The van der Waals surface area contributed by atoms with E-state index in [1.54, 1.807) is 7.11 Å². The third-order valence-corrected chi connectivity index (χ3v) is 4.45. The first-order valence-electron chi connectivity index (χ1n) is 7.72. The van der Waals surface area contributed by atoms with Crippen molar-refractivity contribution < 1.29 is 14.3 Å². The van der Waals surface area contributed by atoms with E-state index in [9.17, 15) is 4.79 Å². The second-order valence-electron chi connectivity index (χ2n) is 6.15. The molecule has 3 atom stereocenters. The molecule has 0 aromatic rings. The largest absolute Gasteiger partial charge is 0.381 e. The molecule has 0 aromatic heterocycles. The Labute approximate surface area is 122 Å². The number of ether oxygens (including phenoxy) is 2. The van der Waals surface area contributed by atoms with Crippen LogP contribution in [0.5, 0.6) is 0 Å². The van der Waals surface area contributed by atoms with Gasteiger partial charge in [0.2, 0.25) is 5.91 Å². The molecular formula is C15H28N2O3. The number of piperidine rings is 1. The zero-order chi connectivity index (χ0) is 14.7. The lowest BCUT2D eigenvalue weighted by atomic mass is 10.0. The fourth-order valence-corrected chi connectivity index (χ4v) is 3.28. The van der Waals surface area contributed by atoms with Crippen LogP contribution in [0.3, 0.4) is 0 Å². The van der Waals surface area contributed by atoms with E-state index in [0.717, 1.165) is 25.9 Å². The molecule has 116 valence electrons. The Morgan fingerprint density at radius 1 is 1.20 bits per heavy atom. The van der Waals surface area contributed by atoms with Gasteiger partial charge in [0.15, 0.2) is 0 Å². The summed E-state index contributed by atoms with van der Waals surface area (Å²) in [7, 11) is 1.77. The topological polar surface area (TPSA) is 42.0 Å². The van der Waals surface area contributed by atoms with Gasteiger partial charge in [-0.05, 0) is 33.6 Å². The zero-order valence-corrected chi connectivity index (χ0v) is 13.2. The maximum atomic E-state index is 12.6. The van der Waals surface area contributed by atoms with Crippen LogP contribution in [0.2, 0.25) is 0 Å². The van der Waals surface area contributed by atoms with E-state index in [0.29, 0.717) is 19.2 Å². The molecule has 2 fully saturated rings. The van der Waals surface area contributed by atoms with Gasteiger partial charge in [-0.2, -0.15) is 0 Å². The van der Waals surface area contributed by atoms with Crippen LogP contribution in [0.25, 0.3) is 0 Å². The predicted molar refractivity (Wildman–Crippen MR) is 77.7 cm³/mol. The molecule has 2 saturated heterocycles. The van der Waals surface area contributed by atoms with Gasteiger partial charge in [0.1, 0.15) is 0 Å². The number of morpholine rings is 1. The number of carbonyl (C=O) groups is 1. The maximum absolute atomic E-state index is 12.6. The number of nitrogens with zero attached hydrogens (tertiary/aromatic N) is 2. The standard InChI is InChI=1S/C15H28N2O3/c1-11-9-17(10-12(2)20-11)15(18)13(3)16-7-5-14(19-4)6-8-16/h11-14H,5-10H2,1-4H3. The lowest BCUT2D eigenvalue weighted by Gasteiger charge is -2.40. The summed E-state index contributed by atoms with van der Waals surface area (Å²) in [5, 5.41) is 0. The summed E-state index contributed by atoms with van der Waals surface area (Å²) in [5.74, 6) is 0.239. The Morgan fingerprint density at radius 3 is 2.25 bits per heavy atom. The molecule has 0 saturated carbocycles. The van der Waals surface area contributed by atoms with Gasteiger partial charge in [0.25, 0.3) is 0 Å². The Morgan fingerprint density at radius 2 is 1.75 bits per heavy atom. The van der Waals surface area contributed by atoms with Crippen LogP contribution in [-0.4, -0.2) is 73.3 Å². The molecule has 0 radical (unpaired) electrons. The Kier molecular flexibility index (Phi) is 5.41. The number of amides is 1. The molecule has 2 aliphatic heterocycles. The summed E-state index contributed by atoms with van der Waals surface area (Å²) in [6.45, 7) is 9.40. The van der Waals surface area contributed by atoms with Crippen LogP contribution < -0.4 is 0 Å². The summed E-state index contributed by atoms with van der Waals surface area (Å²) in [4.78, 5) is 16.9. The van der Waals surface area contributed by atoms with E-state index in [-0.39, 0.29) is 24.2 Å². The quantitative estimate of drug-likeness (QED) is 0.779. The van der Waals surface area contributed by atoms with Crippen molar-refractivity contribution in [1.29, 1.82) is 0 Å². The first-order valence-corrected chi connectivity index (χ1v) is 7.72. The summed E-state index contributed by atoms with van der Waals surface area (Å²) < 4.78 is 11.1. The Balaban J connectivity index is 1.88. The summed E-state index contributed by atoms with van der Waals surface area (Å²) >= 11 is 0. The van der Waals surface area contributed by atoms with Crippen molar-refractivity contribution in [3.05, 3.63) is 0 Å². The first kappa shape index (κ1) is 15.7. The second-order valence-corrected chi connectivity index (χ2v) is 6.15. The van der Waals surface area contributed by atoms with E-state index >= 15 is 0 Å². The molecule has 2 aliphatic rings. The lowest BCUT2D eigenvalue weighted by Crippen LogP contribution is -2.55. The molecule has 0 aliphatic carbocycles. The number of carbonyl (C=O) groups excluding carboxylic acids is 1. The minimum absolute atomic E-state index is 0.0368. The number of likely N-dealkylation sites (tertiary alicyclic amines) is 1.